The van der Waals surface area contributed by atoms with Gasteiger partial charge in [0.05, 0.1) is 29.1 Å². The molecule has 0 amide bonds. The Morgan fingerprint density at radius 1 is 1.58 bits per heavy atom. The zero-order valence-electron chi connectivity index (χ0n) is 10.2. The van der Waals surface area contributed by atoms with Crippen LogP contribution in [0.4, 0.5) is 5.69 Å². The number of halogens is 1. The summed E-state index contributed by atoms with van der Waals surface area (Å²) >= 11 is 3.20. The lowest BCUT2D eigenvalue weighted by molar-refractivity contribution is -0.385. The molecule has 0 heterocycles. The molecular weight excluding hydrogens is 316 g/mol. The molecule has 0 aliphatic heterocycles. The van der Waals surface area contributed by atoms with Crippen molar-refractivity contribution in [1.29, 1.82) is 5.26 Å². The van der Waals surface area contributed by atoms with E-state index in [1.54, 1.807) is 6.92 Å². The van der Waals surface area contributed by atoms with E-state index in [0.717, 1.165) is 0 Å². The van der Waals surface area contributed by atoms with Crippen molar-refractivity contribution in [3.63, 3.8) is 0 Å². The van der Waals surface area contributed by atoms with Gasteiger partial charge >= 0.3 is 5.97 Å². The summed E-state index contributed by atoms with van der Waals surface area (Å²) in [4.78, 5) is 21.8. The molecule has 1 rings (SSSR count). The molecule has 1 aromatic carbocycles. The second-order valence-corrected chi connectivity index (χ2v) is 4.14. The average molecular weight is 327 g/mol. The van der Waals surface area contributed by atoms with Crippen molar-refractivity contribution < 1.29 is 14.5 Å². The minimum Gasteiger partial charge on any atom is -0.466 e. The first kappa shape index (κ1) is 15.1. The van der Waals surface area contributed by atoms with E-state index in [9.17, 15) is 14.9 Å². The smallest absolute Gasteiger partial charge is 0.310 e. The highest BCUT2D eigenvalue weighted by Crippen LogP contribution is 2.27. The van der Waals surface area contributed by atoms with E-state index in [-0.39, 0.29) is 29.8 Å². The molecule has 6 nitrogen and oxygen atoms in total. The number of nitro groups is 1. The van der Waals surface area contributed by atoms with E-state index in [0.29, 0.717) is 10.9 Å². The van der Waals surface area contributed by atoms with Gasteiger partial charge in [0.15, 0.2) is 0 Å². The largest absolute Gasteiger partial charge is 0.466 e. The molecule has 0 saturated carbocycles. The zero-order chi connectivity index (χ0) is 14.4. The van der Waals surface area contributed by atoms with Gasteiger partial charge in [-0.15, -0.1) is 0 Å². The number of ether oxygens (including phenoxy) is 1. The second-order valence-electron chi connectivity index (χ2n) is 3.58. The van der Waals surface area contributed by atoms with Gasteiger partial charge in [0.2, 0.25) is 0 Å². The van der Waals surface area contributed by atoms with Crippen LogP contribution in [0.15, 0.2) is 12.1 Å². The third-order valence-corrected chi connectivity index (χ3v) is 3.06. The van der Waals surface area contributed by atoms with Crippen molar-refractivity contribution in [1.82, 2.24) is 0 Å². The maximum Gasteiger partial charge on any atom is 0.310 e. The van der Waals surface area contributed by atoms with Crippen molar-refractivity contribution in [3.8, 4) is 6.07 Å². The summed E-state index contributed by atoms with van der Waals surface area (Å²) in [5.74, 6) is -0.589. The Kier molecular flexibility index (Phi) is 5.45. The van der Waals surface area contributed by atoms with Gasteiger partial charge in [-0.25, -0.2) is 0 Å². The van der Waals surface area contributed by atoms with Crippen molar-refractivity contribution in [3.05, 3.63) is 38.9 Å². The summed E-state index contributed by atoms with van der Waals surface area (Å²) in [7, 11) is 0. The Morgan fingerprint density at radius 2 is 2.26 bits per heavy atom. The molecule has 0 spiro atoms. The summed E-state index contributed by atoms with van der Waals surface area (Å²) in [5.41, 5.74) is 0.615. The lowest BCUT2D eigenvalue weighted by Gasteiger charge is -2.08. The first-order valence-electron chi connectivity index (χ1n) is 5.45. The number of hydrogen-bond donors (Lipinski definition) is 0. The lowest BCUT2D eigenvalue weighted by atomic mass is 9.98. The number of benzene rings is 1. The number of alkyl halides is 1. The Labute approximate surface area is 118 Å². The van der Waals surface area contributed by atoms with Crippen LogP contribution in [0.2, 0.25) is 0 Å². The molecule has 19 heavy (non-hydrogen) atoms. The molecule has 0 unspecified atom stereocenters. The van der Waals surface area contributed by atoms with Crippen molar-refractivity contribution in [2.24, 2.45) is 0 Å². The van der Waals surface area contributed by atoms with Crippen LogP contribution >= 0.6 is 15.9 Å². The number of nitro benzene ring substituents is 1. The Balaban J connectivity index is 3.34. The van der Waals surface area contributed by atoms with Crippen LogP contribution in [0.25, 0.3) is 0 Å². The number of nitriles is 1. The molecule has 0 fully saturated rings. The van der Waals surface area contributed by atoms with Gasteiger partial charge < -0.3 is 4.74 Å². The number of carbonyl (C=O) groups is 1. The molecule has 0 N–H and O–H groups in total. The van der Waals surface area contributed by atoms with Gasteiger partial charge in [-0.05, 0) is 12.5 Å². The first-order chi connectivity index (χ1) is 9.04. The third kappa shape index (κ3) is 3.51. The molecule has 0 saturated heterocycles. The van der Waals surface area contributed by atoms with Crippen LogP contribution in [0.5, 0.6) is 0 Å². The van der Waals surface area contributed by atoms with E-state index >= 15 is 0 Å². The number of carbonyl (C=O) groups excluding carboxylic acids is 1. The fourth-order valence-electron chi connectivity index (χ4n) is 1.64. The summed E-state index contributed by atoms with van der Waals surface area (Å²) < 4.78 is 4.77. The second kappa shape index (κ2) is 6.85. The molecule has 0 atom stereocenters. The number of rotatable bonds is 5. The Bertz CT molecular complexity index is 551. The van der Waals surface area contributed by atoms with Gasteiger partial charge in [0.25, 0.3) is 5.69 Å². The topological polar surface area (TPSA) is 93.2 Å². The van der Waals surface area contributed by atoms with Crippen molar-refractivity contribution in [2.45, 2.75) is 18.7 Å². The summed E-state index contributed by atoms with van der Waals surface area (Å²) in [6, 6.07) is 4.71. The molecule has 0 bridgehead atoms. The quantitative estimate of drug-likeness (QED) is 0.358. The minimum atomic E-state index is -0.604. The zero-order valence-corrected chi connectivity index (χ0v) is 11.8. The van der Waals surface area contributed by atoms with Crippen LogP contribution in [0.1, 0.15) is 23.6 Å². The number of hydrogen-bond acceptors (Lipinski definition) is 5. The predicted molar refractivity (Wildman–Crippen MR) is 70.8 cm³/mol. The van der Waals surface area contributed by atoms with Gasteiger partial charge in [0, 0.05) is 11.4 Å². The van der Waals surface area contributed by atoms with Gasteiger partial charge in [-0.3, -0.25) is 14.9 Å². The number of nitrogens with zero attached hydrogens (tertiary/aromatic N) is 2. The van der Waals surface area contributed by atoms with Crippen LogP contribution in [0.3, 0.4) is 0 Å². The molecule has 100 valence electrons. The molecule has 0 aromatic heterocycles. The van der Waals surface area contributed by atoms with Crippen LogP contribution < -0.4 is 0 Å². The monoisotopic (exact) mass is 326 g/mol. The highest BCUT2D eigenvalue weighted by Gasteiger charge is 2.23. The SMILES string of the molecule is CCOC(=O)Cc1c([N+](=O)[O-])ccc(CBr)c1C#N. The maximum atomic E-state index is 11.5. The predicted octanol–water partition coefficient (Wildman–Crippen LogP) is 2.47. The minimum absolute atomic E-state index is 0.0999. The molecule has 0 aliphatic rings. The van der Waals surface area contributed by atoms with Gasteiger partial charge in [-0.2, -0.15) is 5.26 Å². The maximum absolute atomic E-state index is 11.5. The van der Waals surface area contributed by atoms with Crippen LogP contribution in [0, 0.1) is 21.4 Å². The summed E-state index contributed by atoms with van der Waals surface area (Å²) in [6.07, 6.45) is -0.284. The molecular formula is C12H11BrN2O4. The van der Waals surface area contributed by atoms with E-state index in [2.05, 4.69) is 15.9 Å². The standard InChI is InChI=1S/C12H11BrN2O4/c1-2-19-12(16)5-9-10(7-14)8(6-13)3-4-11(9)15(17)18/h3-4H,2,5-6H2,1H3. The Hall–Kier alpha value is -1.94. The van der Waals surface area contributed by atoms with Crippen molar-refractivity contribution in [2.75, 3.05) is 6.61 Å². The summed E-state index contributed by atoms with van der Waals surface area (Å²) in [5, 5.41) is 20.5. The molecule has 0 radical (unpaired) electrons. The molecule has 0 aliphatic carbocycles. The van der Waals surface area contributed by atoms with Crippen LogP contribution in [-0.2, 0) is 21.3 Å². The van der Waals surface area contributed by atoms with E-state index in [1.165, 1.54) is 12.1 Å². The fourth-order valence-corrected chi connectivity index (χ4v) is 2.11. The van der Waals surface area contributed by atoms with Gasteiger partial charge in [0.1, 0.15) is 6.07 Å². The lowest BCUT2D eigenvalue weighted by Crippen LogP contribution is -2.11. The Morgan fingerprint density at radius 3 is 2.74 bits per heavy atom. The highest BCUT2D eigenvalue weighted by atomic mass is 79.9. The van der Waals surface area contributed by atoms with E-state index in [4.69, 9.17) is 10.00 Å². The van der Waals surface area contributed by atoms with E-state index < -0.39 is 10.9 Å². The average Bonchev–Trinajstić information content (AvgIpc) is 2.37. The third-order valence-electron chi connectivity index (χ3n) is 2.45. The van der Waals surface area contributed by atoms with E-state index in [1.807, 2.05) is 6.07 Å². The highest BCUT2D eigenvalue weighted by molar-refractivity contribution is 9.08. The van der Waals surface area contributed by atoms with Crippen LogP contribution in [-0.4, -0.2) is 17.5 Å². The summed E-state index contributed by atoms with van der Waals surface area (Å²) in [6.45, 7) is 1.83. The molecule has 1 aromatic rings. The fraction of sp³-hybridized carbons (Fsp3) is 0.333. The number of esters is 1. The molecule has 7 heteroatoms. The first-order valence-corrected chi connectivity index (χ1v) is 6.58. The van der Waals surface area contributed by atoms with Gasteiger partial charge in [-0.1, -0.05) is 22.0 Å². The van der Waals surface area contributed by atoms with Crippen molar-refractivity contribution >= 4 is 27.6 Å². The normalized spacial score (nSPS) is 9.74.